The van der Waals surface area contributed by atoms with Gasteiger partial charge in [0.1, 0.15) is 6.10 Å². The van der Waals surface area contributed by atoms with Gasteiger partial charge in [-0.2, -0.15) is 0 Å². The molecule has 0 saturated heterocycles. The van der Waals surface area contributed by atoms with Crippen LogP contribution in [0.2, 0.25) is 0 Å². The first-order valence-electron chi connectivity index (χ1n) is 8.05. The largest absolute Gasteiger partial charge is 0.462 e. The van der Waals surface area contributed by atoms with Crippen LogP contribution in [-0.2, 0) is 9.53 Å². The van der Waals surface area contributed by atoms with Crippen LogP contribution in [0.3, 0.4) is 0 Å². The van der Waals surface area contributed by atoms with E-state index in [1.54, 1.807) is 0 Å². The second-order valence-corrected chi connectivity index (χ2v) is 6.37. The zero-order chi connectivity index (χ0) is 15.2. The van der Waals surface area contributed by atoms with E-state index < -0.39 is 0 Å². The maximum absolute atomic E-state index is 11.9. The molecule has 1 aliphatic rings. The van der Waals surface area contributed by atoms with Crippen molar-refractivity contribution in [3.63, 3.8) is 0 Å². The van der Waals surface area contributed by atoms with E-state index in [0.717, 1.165) is 24.4 Å². The Morgan fingerprint density at radius 2 is 2.00 bits per heavy atom. The number of para-hydroxylation sites is 1. The van der Waals surface area contributed by atoms with Crippen LogP contribution in [0.5, 0.6) is 0 Å². The molecule has 0 radical (unpaired) electrons. The highest BCUT2D eigenvalue weighted by molar-refractivity contribution is 5.70. The van der Waals surface area contributed by atoms with Crippen molar-refractivity contribution in [2.24, 2.45) is 11.8 Å². The smallest absolute Gasteiger partial charge is 0.307 e. The number of ether oxygens (including phenoxy) is 1. The molecular formula is C18H27NO2. The van der Waals surface area contributed by atoms with Crippen molar-refractivity contribution in [1.82, 2.24) is 0 Å². The summed E-state index contributed by atoms with van der Waals surface area (Å²) in [6.07, 6.45) is 3.75. The number of aryl methyl sites for hydroxylation is 1. The Morgan fingerprint density at radius 1 is 1.24 bits per heavy atom. The number of benzene rings is 1. The molecule has 21 heavy (non-hydrogen) atoms. The summed E-state index contributed by atoms with van der Waals surface area (Å²) >= 11 is 0. The molecule has 3 heteroatoms. The van der Waals surface area contributed by atoms with Crippen LogP contribution in [0.25, 0.3) is 0 Å². The summed E-state index contributed by atoms with van der Waals surface area (Å²) in [4.78, 5) is 11.9. The lowest BCUT2D eigenvalue weighted by Gasteiger charge is -2.31. The average Bonchev–Trinajstić information content (AvgIpc) is 2.45. The Labute approximate surface area is 128 Å². The first kappa shape index (κ1) is 15.9. The molecule has 0 amide bonds. The standard InChI is InChI=1S/C18H27NO2/c1-13-8-9-16(12-15(13)3)21-18(20)10-11-19-17-7-5-4-6-14(17)2/h4-7,13,15-16,19H,8-12H2,1-3H3. The van der Waals surface area contributed by atoms with E-state index in [1.165, 1.54) is 12.0 Å². The first-order valence-corrected chi connectivity index (χ1v) is 8.05. The lowest BCUT2D eigenvalue weighted by atomic mass is 9.80. The van der Waals surface area contributed by atoms with E-state index in [2.05, 4.69) is 32.2 Å². The molecule has 2 rings (SSSR count). The zero-order valence-corrected chi connectivity index (χ0v) is 13.4. The predicted molar refractivity (Wildman–Crippen MR) is 86.3 cm³/mol. The molecule has 3 nitrogen and oxygen atoms in total. The molecule has 1 saturated carbocycles. The fraction of sp³-hybridized carbons (Fsp3) is 0.611. The highest BCUT2D eigenvalue weighted by Gasteiger charge is 2.26. The number of rotatable bonds is 5. The monoisotopic (exact) mass is 289 g/mol. The fourth-order valence-corrected chi connectivity index (χ4v) is 2.92. The van der Waals surface area contributed by atoms with Gasteiger partial charge in [-0.3, -0.25) is 4.79 Å². The molecule has 1 fully saturated rings. The first-order chi connectivity index (χ1) is 10.1. The average molecular weight is 289 g/mol. The molecule has 0 bridgehead atoms. The number of carbonyl (C=O) groups is 1. The number of hydrogen-bond acceptors (Lipinski definition) is 3. The third-order valence-electron chi connectivity index (χ3n) is 4.64. The van der Waals surface area contributed by atoms with Crippen molar-refractivity contribution in [2.45, 2.75) is 52.6 Å². The van der Waals surface area contributed by atoms with Crippen molar-refractivity contribution in [3.05, 3.63) is 29.8 Å². The highest BCUT2D eigenvalue weighted by atomic mass is 16.5. The van der Waals surface area contributed by atoms with Gasteiger partial charge in [-0.05, 0) is 49.7 Å². The lowest BCUT2D eigenvalue weighted by Crippen LogP contribution is -2.29. The van der Waals surface area contributed by atoms with E-state index in [0.29, 0.717) is 18.9 Å². The number of hydrogen-bond donors (Lipinski definition) is 1. The van der Waals surface area contributed by atoms with Crippen LogP contribution >= 0.6 is 0 Å². The molecule has 3 atom stereocenters. The molecule has 116 valence electrons. The van der Waals surface area contributed by atoms with Gasteiger partial charge in [0.2, 0.25) is 0 Å². The summed E-state index contributed by atoms with van der Waals surface area (Å²) in [5, 5.41) is 3.30. The predicted octanol–water partition coefficient (Wildman–Crippen LogP) is 4.16. The summed E-state index contributed by atoms with van der Waals surface area (Å²) in [5.74, 6) is 1.33. The van der Waals surface area contributed by atoms with Crippen molar-refractivity contribution in [1.29, 1.82) is 0 Å². The third kappa shape index (κ3) is 4.76. The summed E-state index contributed by atoms with van der Waals surface area (Å²) in [6, 6.07) is 8.11. The Bertz CT molecular complexity index is 472. The number of anilines is 1. The maximum Gasteiger partial charge on any atom is 0.307 e. The third-order valence-corrected chi connectivity index (χ3v) is 4.64. The second-order valence-electron chi connectivity index (χ2n) is 6.37. The van der Waals surface area contributed by atoms with Gasteiger partial charge in [0, 0.05) is 12.2 Å². The van der Waals surface area contributed by atoms with Crippen LogP contribution in [0.1, 0.15) is 45.1 Å². The molecule has 1 N–H and O–H groups in total. The second kappa shape index (κ2) is 7.48. The minimum atomic E-state index is -0.0807. The summed E-state index contributed by atoms with van der Waals surface area (Å²) in [6.45, 7) is 7.23. The van der Waals surface area contributed by atoms with Crippen LogP contribution in [0.15, 0.2) is 24.3 Å². The van der Waals surface area contributed by atoms with Crippen molar-refractivity contribution in [2.75, 3.05) is 11.9 Å². The number of nitrogens with one attached hydrogen (secondary N) is 1. The van der Waals surface area contributed by atoms with E-state index in [1.807, 2.05) is 18.2 Å². The number of carbonyl (C=O) groups excluding carboxylic acids is 1. The maximum atomic E-state index is 11.9. The fourth-order valence-electron chi connectivity index (χ4n) is 2.92. The van der Waals surface area contributed by atoms with Gasteiger partial charge in [-0.25, -0.2) is 0 Å². The molecule has 1 aromatic carbocycles. The van der Waals surface area contributed by atoms with Crippen LogP contribution < -0.4 is 5.32 Å². The summed E-state index contributed by atoms with van der Waals surface area (Å²) in [7, 11) is 0. The van der Waals surface area contributed by atoms with Crippen molar-refractivity contribution >= 4 is 11.7 Å². The van der Waals surface area contributed by atoms with Gasteiger partial charge in [-0.15, -0.1) is 0 Å². The molecule has 0 aromatic heterocycles. The summed E-state index contributed by atoms with van der Waals surface area (Å²) in [5.41, 5.74) is 2.28. The molecule has 0 aliphatic heterocycles. The van der Waals surface area contributed by atoms with Crippen LogP contribution in [0.4, 0.5) is 5.69 Å². The van der Waals surface area contributed by atoms with Gasteiger partial charge >= 0.3 is 5.97 Å². The zero-order valence-electron chi connectivity index (χ0n) is 13.4. The van der Waals surface area contributed by atoms with E-state index in [4.69, 9.17) is 4.74 Å². The molecule has 0 spiro atoms. The highest BCUT2D eigenvalue weighted by Crippen LogP contribution is 2.31. The van der Waals surface area contributed by atoms with Crippen molar-refractivity contribution < 1.29 is 9.53 Å². The Balaban J connectivity index is 1.69. The minimum absolute atomic E-state index is 0.0807. The quantitative estimate of drug-likeness (QED) is 0.827. The normalized spacial score (nSPS) is 25.4. The number of esters is 1. The van der Waals surface area contributed by atoms with Gasteiger partial charge in [-0.1, -0.05) is 32.0 Å². The van der Waals surface area contributed by atoms with E-state index in [-0.39, 0.29) is 12.1 Å². The van der Waals surface area contributed by atoms with E-state index >= 15 is 0 Å². The van der Waals surface area contributed by atoms with Gasteiger partial charge in [0.05, 0.1) is 6.42 Å². The van der Waals surface area contributed by atoms with Gasteiger partial charge < -0.3 is 10.1 Å². The summed E-state index contributed by atoms with van der Waals surface area (Å²) < 4.78 is 5.60. The van der Waals surface area contributed by atoms with Crippen LogP contribution in [0, 0.1) is 18.8 Å². The molecule has 0 heterocycles. The SMILES string of the molecule is Cc1ccccc1NCCC(=O)OC1CCC(C)C(C)C1. The molecule has 1 aliphatic carbocycles. The Hall–Kier alpha value is -1.51. The molecule has 3 unspecified atom stereocenters. The van der Waals surface area contributed by atoms with Gasteiger partial charge in [0.15, 0.2) is 0 Å². The van der Waals surface area contributed by atoms with Crippen LogP contribution in [-0.4, -0.2) is 18.6 Å². The topological polar surface area (TPSA) is 38.3 Å². The minimum Gasteiger partial charge on any atom is -0.462 e. The Morgan fingerprint density at radius 3 is 2.71 bits per heavy atom. The molecule has 1 aromatic rings. The molecular weight excluding hydrogens is 262 g/mol. The van der Waals surface area contributed by atoms with Crippen molar-refractivity contribution in [3.8, 4) is 0 Å². The van der Waals surface area contributed by atoms with Gasteiger partial charge in [0.25, 0.3) is 0 Å². The Kier molecular flexibility index (Phi) is 5.66. The lowest BCUT2D eigenvalue weighted by molar-refractivity contribution is -0.151. The van der Waals surface area contributed by atoms with E-state index in [9.17, 15) is 4.79 Å².